The maximum atomic E-state index is 9.74. The van der Waals surface area contributed by atoms with Gasteiger partial charge in [0.05, 0.1) is 11.7 Å². The highest BCUT2D eigenvalue weighted by atomic mass is 32.1. The lowest BCUT2D eigenvalue weighted by Gasteiger charge is -2.14. The van der Waals surface area contributed by atoms with Gasteiger partial charge in [0, 0.05) is 6.54 Å². The van der Waals surface area contributed by atoms with E-state index in [9.17, 15) is 5.11 Å². The van der Waals surface area contributed by atoms with Crippen LogP contribution in [-0.4, -0.2) is 39.7 Å². The standard InChI is InChI=1S/C12H21N3O2S/c1-9-2-3-10(4-9)5-13-6-11(16)8-17-12-7-14-18-15-12/h7,9-11,13,16H,2-6,8H2,1H3. The Morgan fingerprint density at radius 2 is 2.50 bits per heavy atom. The molecule has 1 fully saturated rings. The second-order valence-corrected chi connectivity index (χ2v) is 5.71. The van der Waals surface area contributed by atoms with Gasteiger partial charge in [0.1, 0.15) is 18.9 Å². The van der Waals surface area contributed by atoms with Crippen molar-refractivity contribution in [2.24, 2.45) is 11.8 Å². The summed E-state index contributed by atoms with van der Waals surface area (Å²) in [5, 5.41) is 13.1. The van der Waals surface area contributed by atoms with Crippen molar-refractivity contribution < 1.29 is 9.84 Å². The smallest absolute Gasteiger partial charge is 0.245 e. The molecule has 3 unspecified atom stereocenters. The van der Waals surface area contributed by atoms with Crippen LogP contribution in [0.3, 0.4) is 0 Å². The third-order valence-electron chi connectivity index (χ3n) is 3.38. The predicted molar refractivity (Wildman–Crippen MR) is 70.8 cm³/mol. The molecule has 0 aromatic carbocycles. The summed E-state index contributed by atoms with van der Waals surface area (Å²) >= 11 is 1.10. The molecule has 1 aliphatic carbocycles. The minimum Gasteiger partial charge on any atom is -0.473 e. The van der Waals surface area contributed by atoms with E-state index in [0.717, 1.165) is 30.1 Å². The Balaban J connectivity index is 1.53. The predicted octanol–water partition coefficient (Wildman–Crippen LogP) is 1.30. The lowest BCUT2D eigenvalue weighted by molar-refractivity contribution is 0.103. The largest absolute Gasteiger partial charge is 0.473 e. The Morgan fingerprint density at radius 3 is 3.17 bits per heavy atom. The van der Waals surface area contributed by atoms with Gasteiger partial charge in [-0.05, 0) is 31.2 Å². The molecule has 102 valence electrons. The molecule has 18 heavy (non-hydrogen) atoms. The molecule has 0 radical (unpaired) electrons. The van der Waals surface area contributed by atoms with Crippen molar-refractivity contribution in [2.75, 3.05) is 19.7 Å². The average Bonchev–Trinajstić information content (AvgIpc) is 2.98. The molecule has 3 atom stereocenters. The molecule has 0 spiro atoms. The number of hydrogen-bond acceptors (Lipinski definition) is 6. The highest BCUT2D eigenvalue weighted by molar-refractivity contribution is 6.99. The van der Waals surface area contributed by atoms with Gasteiger partial charge in [-0.2, -0.15) is 4.37 Å². The molecular weight excluding hydrogens is 250 g/mol. The van der Waals surface area contributed by atoms with E-state index in [1.165, 1.54) is 19.3 Å². The van der Waals surface area contributed by atoms with E-state index in [1.54, 1.807) is 6.20 Å². The fraction of sp³-hybridized carbons (Fsp3) is 0.833. The second kappa shape index (κ2) is 7.01. The van der Waals surface area contributed by atoms with E-state index >= 15 is 0 Å². The molecule has 0 amide bonds. The van der Waals surface area contributed by atoms with Crippen LogP contribution in [0.2, 0.25) is 0 Å². The Bertz CT molecular complexity index is 334. The van der Waals surface area contributed by atoms with Crippen LogP contribution in [0.1, 0.15) is 26.2 Å². The number of aromatic nitrogens is 2. The topological polar surface area (TPSA) is 67.3 Å². The first-order chi connectivity index (χ1) is 8.74. The van der Waals surface area contributed by atoms with Gasteiger partial charge in [-0.3, -0.25) is 0 Å². The summed E-state index contributed by atoms with van der Waals surface area (Å²) in [6.07, 6.45) is 5.03. The third-order valence-corrected chi connectivity index (χ3v) is 3.84. The van der Waals surface area contributed by atoms with Crippen molar-refractivity contribution in [1.29, 1.82) is 0 Å². The summed E-state index contributed by atoms with van der Waals surface area (Å²) < 4.78 is 13.0. The Kier molecular flexibility index (Phi) is 5.34. The number of aliphatic hydroxyl groups is 1. The van der Waals surface area contributed by atoms with E-state index in [2.05, 4.69) is 21.0 Å². The quantitative estimate of drug-likeness (QED) is 0.782. The lowest BCUT2D eigenvalue weighted by atomic mass is 10.1. The van der Waals surface area contributed by atoms with Crippen molar-refractivity contribution in [3.05, 3.63) is 6.20 Å². The minimum atomic E-state index is -0.495. The molecule has 1 aromatic heterocycles. The third kappa shape index (κ3) is 4.51. The summed E-state index contributed by atoms with van der Waals surface area (Å²) in [4.78, 5) is 0. The first kappa shape index (κ1) is 13.7. The maximum Gasteiger partial charge on any atom is 0.245 e. The molecule has 2 N–H and O–H groups in total. The van der Waals surface area contributed by atoms with E-state index in [0.29, 0.717) is 12.4 Å². The molecule has 5 nitrogen and oxygen atoms in total. The molecule has 0 saturated heterocycles. The van der Waals surface area contributed by atoms with Gasteiger partial charge in [0.2, 0.25) is 5.88 Å². The van der Waals surface area contributed by atoms with Crippen molar-refractivity contribution >= 4 is 11.7 Å². The Hall–Kier alpha value is -0.720. The van der Waals surface area contributed by atoms with Gasteiger partial charge >= 0.3 is 0 Å². The molecular formula is C12H21N3O2S. The number of nitrogens with one attached hydrogen (secondary N) is 1. The summed E-state index contributed by atoms with van der Waals surface area (Å²) in [5.41, 5.74) is 0. The zero-order valence-electron chi connectivity index (χ0n) is 10.7. The van der Waals surface area contributed by atoms with Gasteiger partial charge in [0.15, 0.2) is 0 Å². The maximum absolute atomic E-state index is 9.74. The van der Waals surface area contributed by atoms with Crippen LogP contribution in [0, 0.1) is 11.8 Å². The van der Waals surface area contributed by atoms with E-state index < -0.39 is 6.10 Å². The van der Waals surface area contributed by atoms with E-state index in [-0.39, 0.29) is 6.61 Å². The summed E-state index contributed by atoms with van der Waals surface area (Å²) in [7, 11) is 0. The number of rotatable bonds is 7. The van der Waals surface area contributed by atoms with Crippen LogP contribution in [0.15, 0.2) is 6.20 Å². The molecule has 6 heteroatoms. The van der Waals surface area contributed by atoms with Gasteiger partial charge in [-0.15, -0.1) is 4.37 Å². The number of ether oxygens (including phenoxy) is 1. The van der Waals surface area contributed by atoms with E-state index in [1.807, 2.05) is 0 Å². The Morgan fingerprint density at radius 1 is 1.61 bits per heavy atom. The van der Waals surface area contributed by atoms with Crippen LogP contribution in [0.5, 0.6) is 5.88 Å². The normalized spacial score (nSPS) is 25.2. The average molecular weight is 271 g/mol. The fourth-order valence-electron chi connectivity index (χ4n) is 2.42. The van der Waals surface area contributed by atoms with Crippen LogP contribution >= 0.6 is 11.7 Å². The van der Waals surface area contributed by atoms with Crippen LogP contribution < -0.4 is 10.1 Å². The Labute approximate surface area is 112 Å². The summed E-state index contributed by atoms with van der Waals surface area (Å²) in [6, 6.07) is 0. The first-order valence-electron chi connectivity index (χ1n) is 6.53. The molecule has 2 rings (SSSR count). The van der Waals surface area contributed by atoms with Crippen LogP contribution in [0.25, 0.3) is 0 Å². The van der Waals surface area contributed by atoms with E-state index in [4.69, 9.17) is 4.74 Å². The van der Waals surface area contributed by atoms with Gasteiger partial charge in [-0.1, -0.05) is 13.3 Å². The molecule has 1 heterocycles. The van der Waals surface area contributed by atoms with Crippen molar-refractivity contribution in [3.63, 3.8) is 0 Å². The summed E-state index contributed by atoms with van der Waals surface area (Å²) in [6.45, 7) is 4.15. The summed E-state index contributed by atoms with van der Waals surface area (Å²) in [5.74, 6) is 2.13. The van der Waals surface area contributed by atoms with Crippen LogP contribution in [-0.2, 0) is 0 Å². The van der Waals surface area contributed by atoms with Gasteiger partial charge in [-0.25, -0.2) is 0 Å². The SMILES string of the molecule is CC1CCC(CNCC(O)COc2cnsn2)C1. The van der Waals surface area contributed by atoms with Crippen LogP contribution in [0.4, 0.5) is 0 Å². The number of nitrogens with zero attached hydrogens (tertiary/aromatic N) is 2. The zero-order valence-corrected chi connectivity index (χ0v) is 11.5. The molecule has 0 aliphatic heterocycles. The second-order valence-electron chi connectivity index (χ2n) is 5.15. The van der Waals surface area contributed by atoms with Gasteiger partial charge < -0.3 is 15.2 Å². The fourth-order valence-corrected chi connectivity index (χ4v) is 2.79. The zero-order chi connectivity index (χ0) is 12.8. The van der Waals surface area contributed by atoms with Crippen molar-refractivity contribution in [3.8, 4) is 5.88 Å². The molecule has 1 saturated carbocycles. The molecule has 1 aliphatic rings. The minimum absolute atomic E-state index is 0.263. The van der Waals surface area contributed by atoms with Crippen molar-refractivity contribution in [1.82, 2.24) is 14.1 Å². The highest BCUT2D eigenvalue weighted by Gasteiger charge is 2.20. The monoisotopic (exact) mass is 271 g/mol. The molecule has 1 aromatic rings. The number of hydrogen-bond donors (Lipinski definition) is 2. The number of aliphatic hydroxyl groups excluding tert-OH is 1. The highest BCUT2D eigenvalue weighted by Crippen LogP contribution is 2.29. The first-order valence-corrected chi connectivity index (χ1v) is 7.26. The molecule has 0 bridgehead atoms. The lowest BCUT2D eigenvalue weighted by Crippen LogP contribution is -2.33. The van der Waals surface area contributed by atoms with Crippen molar-refractivity contribution in [2.45, 2.75) is 32.3 Å². The van der Waals surface area contributed by atoms with Gasteiger partial charge in [0.25, 0.3) is 0 Å².